The van der Waals surface area contributed by atoms with Crippen molar-refractivity contribution in [1.29, 1.82) is 0 Å². The maximum Gasteiger partial charge on any atom is 0.498 e. The van der Waals surface area contributed by atoms with Crippen LogP contribution in [0.15, 0.2) is 30.5 Å². The molecule has 4 nitrogen and oxygen atoms in total. The number of halogens is 1. The van der Waals surface area contributed by atoms with Gasteiger partial charge in [-0.25, -0.2) is 4.39 Å². The van der Waals surface area contributed by atoms with E-state index in [1.165, 1.54) is 12.1 Å². The summed E-state index contributed by atoms with van der Waals surface area (Å²) >= 11 is 0. The fourth-order valence-electron chi connectivity index (χ4n) is 2.88. The van der Waals surface area contributed by atoms with E-state index in [0.29, 0.717) is 5.92 Å². The van der Waals surface area contributed by atoms with Gasteiger partial charge < -0.3 is 9.31 Å². The zero-order chi connectivity index (χ0) is 18.4. The molecule has 0 aliphatic carbocycles. The molecule has 0 unspecified atom stereocenters. The van der Waals surface area contributed by atoms with E-state index in [1.807, 2.05) is 38.6 Å². The van der Waals surface area contributed by atoms with Crippen LogP contribution in [0.1, 0.15) is 41.5 Å². The van der Waals surface area contributed by atoms with Gasteiger partial charge in [-0.3, -0.25) is 4.68 Å². The van der Waals surface area contributed by atoms with Gasteiger partial charge in [0, 0.05) is 23.8 Å². The molecule has 0 N–H and O–H groups in total. The van der Waals surface area contributed by atoms with Crippen LogP contribution in [-0.4, -0.2) is 28.1 Å². The summed E-state index contributed by atoms with van der Waals surface area (Å²) < 4.78 is 27.6. The highest BCUT2D eigenvalue weighted by Gasteiger charge is 2.52. The number of aromatic nitrogens is 2. The van der Waals surface area contributed by atoms with Gasteiger partial charge in [0.25, 0.3) is 0 Å². The van der Waals surface area contributed by atoms with E-state index in [-0.39, 0.29) is 5.82 Å². The van der Waals surface area contributed by atoms with Crippen LogP contribution in [-0.2, 0) is 15.9 Å². The van der Waals surface area contributed by atoms with Gasteiger partial charge in [0.1, 0.15) is 5.82 Å². The third-order valence-electron chi connectivity index (χ3n) is 4.97. The minimum Gasteiger partial charge on any atom is -0.399 e. The molecule has 1 aromatic heterocycles. The van der Waals surface area contributed by atoms with Crippen LogP contribution in [0.3, 0.4) is 0 Å². The Morgan fingerprint density at radius 3 is 2.16 bits per heavy atom. The summed E-state index contributed by atoms with van der Waals surface area (Å²) in [5.74, 6) is 0.203. The molecule has 0 amide bonds. The summed E-state index contributed by atoms with van der Waals surface area (Å²) in [6, 6.07) is 6.38. The molecule has 0 bridgehead atoms. The Morgan fingerprint density at radius 2 is 1.64 bits per heavy atom. The van der Waals surface area contributed by atoms with E-state index >= 15 is 0 Å². The summed E-state index contributed by atoms with van der Waals surface area (Å²) in [7, 11) is -0.494. The molecule has 2 aromatic rings. The van der Waals surface area contributed by atoms with Crippen LogP contribution in [0.4, 0.5) is 4.39 Å². The first-order chi connectivity index (χ1) is 11.6. The Bertz CT molecular complexity index is 737. The Labute approximate surface area is 149 Å². The molecule has 1 aromatic carbocycles. The van der Waals surface area contributed by atoms with Crippen molar-refractivity contribution >= 4 is 12.6 Å². The fourth-order valence-corrected chi connectivity index (χ4v) is 2.88. The average Bonchev–Trinajstić information content (AvgIpc) is 2.98. The molecule has 0 atom stereocenters. The second-order valence-electron chi connectivity index (χ2n) is 8.14. The maximum absolute atomic E-state index is 13.3. The molecule has 1 saturated heterocycles. The van der Waals surface area contributed by atoms with Crippen molar-refractivity contribution in [1.82, 2.24) is 9.78 Å². The van der Waals surface area contributed by atoms with Crippen LogP contribution in [0.25, 0.3) is 11.3 Å². The molecule has 0 radical (unpaired) electrons. The van der Waals surface area contributed by atoms with Gasteiger partial charge in [0.2, 0.25) is 0 Å². The molecule has 1 aliphatic rings. The summed E-state index contributed by atoms with van der Waals surface area (Å²) in [6.07, 6.45) is 1.99. The Kier molecular flexibility index (Phi) is 4.54. The van der Waals surface area contributed by atoms with Crippen molar-refractivity contribution in [3.8, 4) is 11.3 Å². The van der Waals surface area contributed by atoms with E-state index < -0.39 is 18.3 Å². The topological polar surface area (TPSA) is 36.3 Å². The van der Waals surface area contributed by atoms with Gasteiger partial charge in [0.15, 0.2) is 0 Å². The lowest BCUT2D eigenvalue weighted by Gasteiger charge is -2.32. The first-order valence-corrected chi connectivity index (χ1v) is 8.78. The van der Waals surface area contributed by atoms with Gasteiger partial charge >= 0.3 is 7.12 Å². The molecule has 0 saturated carbocycles. The minimum absolute atomic E-state index is 0.262. The van der Waals surface area contributed by atoms with Gasteiger partial charge in [0.05, 0.1) is 16.9 Å². The normalized spacial score (nSPS) is 19.0. The van der Waals surface area contributed by atoms with Crippen molar-refractivity contribution in [3.63, 3.8) is 0 Å². The molecule has 0 spiro atoms. The van der Waals surface area contributed by atoms with Crippen LogP contribution in [0.5, 0.6) is 0 Å². The zero-order valence-electron chi connectivity index (χ0n) is 15.8. The standard InChI is InChI=1S/C19H26BFN2O2/c1-13(2)11-23-12-16(20-24-18(3,4)19(5,6)25-20)17(22-23)14-7-9-15(21)10-8-14/h7-10,12-13H,11H2,1-6H3. The van der Waals surface area contributed by atoms with Crippen molar-refractivity contribution in [2.45, 2.75) is 59.3 Å². The first-order valence-electron chi connectivity index (χ1n) is 8.78. The van der Waals surface area contributed by atoms with Gasteiger partial charge in [-0.05, 0) is 57.9 Å². The summed E-state index contributed by atoms with van der Waals surface area (Å²) in [5, 5.41) is 4.72. The van der Waals surface area contributed by atoms with Gasteiger partial charge in [-0.2, -0.15) is 5.10 Å². The first kappa shape index (κ1) is 18.1. The molecule has 134 valence electrons. The smallest absolute Gasteiger partial charge is 0.399 e. The van der Waals surface area contributed by atoms with Crippen LogP contribution >= 0.6 is 0 Å². The summed E-state index contributed by atoms with van der Waals surface area (Å²) in [6.45, 7) is 13.2. The Balaban J connectivity index is 2.03. The minimum atomic E-state index is -0.494. The molecular formula is C19H26BFN2O2. The van der Waals surface area contributed by atoms with Crippen molar-refractivity contribution in [3.05, 3.63) is 36.3 Å². The lowest BCUT2D eigenvalue weighted by atomic mass is 9.78. The van der Waals surface area contributed by atoms with E-state index in [2.05, 4.69) is 13.8 Å². The van der Waals surface area contributed by atoms with Crippen LogP contribution < -0.4 is 5.46 Å². The predicted octanol–water partition coefficient (Wildman–Crippen LogP) is 3.64. The predicted molar refractivity (Wildman–Crippen MR) is 98.2 cm³/mol. The zero-order valence-corrected chi connectivity index (χ0v) is 15.8. The fraction of sp³-hybridized carbons (Fsp3) is 0.526. The SMILES string of the molecule is CC(C)Cn1cc(B2OC(C)(C)C(C)(C)O2)c(-c2ccc(F)cc2)n1. The van der Waals surface area contributed by atoms with Gasteiger partial charge in [-0.15, -0.1) is 0 Å². The van der Waals surface area contributed by atoms with E-state index in [4.69, 9.17) is 14.4 Å². The number of nitrogens with zero attached hydrogens (tertiary/aromatic N) is 2. The maximum atomic E-state index is 13.3. The Morgan fingerprint density at radius 1 is 1.08 bits per heavy atom. The second-order valence-corrected chi connectivity index (χ2v) is 8.14. The molecule has 3 rings (SSSR count). The van der Waals surface area contributed by atoms with Crippen molar-refractivity contribution in [2.24, 2.45) is 5.92 Å². The quantitative estimate of drug-likeness (QED) is 0.795. The number of hydrogen-bond acceptors (Lipinski definition) is 3. The van der Waals surface area contributed by atoms with Gasteiger partial charge in [-0.1, -0.05) is 13.8 Å². The second kappa shape index (κ2) is 6.25. The summed E-state index contributed by atoms with van der Waals surface area (Å²) in [5.41, 5.74) is 1.68. The van der Waals surface area contributed by atoms with Crippen LogP contribution in [0.2, 0.25) is 0 Å². The molecular weight excluding hydrogens is 318 g/mol. The van der Waals surface area contributed by atoms with Crippen molar-refractivity contribution in [2.75, 3.05) is 0 Å². The average molecular weight is 344 g/mol. The van der Waals surface area contributed by atoms with E-state index in [9.17, 15) is 4.39 Å². The number of rotatable bonds is 4. The Hall–Kier alpha value is -1.66. The molecule has 1 fully saturated rings. The van der Waals surface area contributed by atoms with E-state index in [0.717, 1.165) is 23.3 Å². The third-order valence-corrected chi connectivity index (χ3v) is 4.97. The molecule has 6 heteroatoms. The van der Waals surface area contributed by atoms with E-state index in [1.54, 1.807) is 12.1 Å². The lowest BCUT2D eigenvalue weighted by Crippen LogP contribution is -2.41. The van der Waals surface area contributed by atoms with Crippen molar-refractivity contribution < 1.29 is 13.7 Å². The highest BCUT2D eigenvalue weighted by molar-refractivity contribution is 6.63. The van der Waals surface area contributed by atoms with Crippen LogP contribution in [0, 0.1) is 11.7 Å². The largest absolute Gasteiger partial charge is 0.498 e. The molecule has 1 aliphatic heterocycles. The highest BCUT2D eigenvalue weighted by Crippen LogP contribution is 2.37. The molecule has 25 heavy (non-hydrogen) atoms. The number of hydrogen-bond donors (Lipinski definition) is 0. The lowest BCUT2D eigenvalue weighted by molar-refractivity contribution is 0.00578. The molecule has 2 heterocycles. The third kappa shape index (κ3) is 3.51. The summed E-state index contributed by atoms with van der Waals surface area (Å²) in [4.78, 5) is 0. The monoisotopic (exact) mass is 344 g/mol. The number of benzene rings is 1. The highest BCUT2D eigenvalue weighted by atomic mass is 19.1.